The molecule has 158 valence electrons. The van der Waals surface area contributed by atoms with Crippen LogP contribution in [0.4, 0.5) is 4.39 Å². The van der Waals surface area contributed by atoms with Crippen LogP contribution in [0.5, 0.6) is 5.75 Å². The lowest BCUT2D eigenvalue weighted by atomic mass is 9.71. The van der Waals surface area contributed by atoms with E-state index in [-0.39, 0.29) is 11.9 Å². The normalized spacial score (nSPS) is 24.0. The second-order valence-corrected chi connectivity index (χ2v) is 8.58. The zero-order valence-electron chi connectivity index (χ0n) is 17.7. The summed E-state index contributed by atoms with van der Waals surface area (Å²) >= 11 is 0. The van der Waals surface area contributed by atoms with Crippen molar-refractivity contribution in [2.75, 3.05) is 6.67 Å². The van der Waals surface area contributed by atoms with Gasteiger partial charge in [-0.2, -0.15) is 0 Å². The molecule has 0 bridgehead atoms. The molecular weight excluding hydrogens is 363 g/mol. The molecule has 1 aromatic rings. The lowest BCUT2D eigenvalue weighted by Gasteiger charge is -2.35. The van der Waals surface area contributed by atoms with Crippen LogP contribution in [0.2, 0.25) is 0 Å². The van der Waals surface area contributed by atoms with E-state index < -0.39 is 6.67 Å². The average molecular weight is 399 g/mol. The summed E-state index contributed by atoms with van der Waals surface area (Å²) in [5.74, 6) is 2.27. The quantitative estimate of drug-likeness (QED) is 0.274. The van der Waals surface area contributed by atoms with Crippen molar-refractivity contribution in [3.63, 3.8) is 0 Å². The third-order valence-corrected chi connectivity index (χ3v) is 6.64. The predicted octanol–water partition coefficient (Wildman–Crippen LogP) is 7.30. The van der Waals surface area contributed by atoms with E-state index >= 15 is 0 Å². The maximum Gasteiger partial charge on any atom is 0.314 e. The molecule has 2 aliphatic rings. The number of alkyl halides is 1. The molecule has 0 aliphatic heterocycles. The maximum absolute atomic E-state index is 12.6. The van der Waals surface area contributed by atoms with Crippen molar-refractivity contribution in [1.29, 1.82) is 0 Å². The monoisotopic (exact) mass is 398 g/mol. The highest BCUT2D eigenvalue weighted by atomic mass is 19.1. The van der Waals surface area contributed by atoms with Gasteiger partial charge in [-0.05, 0) is 67.2 Å². The summed E-state index contributed by atoms with van der Waals surface area (Å²) in [5.41, 5.74) is 1.99. The Hall–Kier alpha value is -1.90. The van der Waals surface area contributed by atoms with Gasteiger partial charge < -0.3 is 4.74 Å². The molecule has 3 rings (SSSR count). The smallest absolute Gasteiger partial charge is 0.314 e. The second-order valence-electron chi connectivity index (χ2n) is 8.58. The Bertz CT molecular complexity index is 690. The van der Waals surface area contributed by atoms with Crippen LogP contribution in [0, 0.1) is 17.8 Å². The number of hydrogen-bond acceptors (Lipinski definition) is 2. The van der Waals surface area contributed by atoms with Crippen molar-refractivity contribution in [3.05, 3.63) is 48.1 Å². The Morgan fingerprint density at radius 1 is 1.00 bits per heavy atom. The number of allylic oxidation sites excluding steroid dienone is 4. The summed E-state index contributed by atoms with van der Waals surface area (Å²) in [6, 6.07) is 7.56. The molecule has 3 heteroatoms. The first kappa shape index (κ1) is 21.8. The van der Waals surface area contributed by atoms with E-state index in [0.717, 1.165) is 42.2 Å². The molecule has 0 amide bonds. The van der Waals surface area contributed by atoms with E-state index in [2.05, 4.69) is 13.0 Å². The summed E-state index contributed by atoms with van der Waals surface area (Å²) in [7, 11) is 0. The predicted molar refractivity (Wildman–Crippen MR) is 117 cm³/mol. The molecule has 29 heavy (non-hydrogen) atoms. The molecule has 0 radical (unpaired) electrons. The first-order valence-electron chi connectivity index (χ1n) is 11.5. The van der Waals surface area contributed by atoms with Gasteiger partial charge in [0.25, 0.3) is 0 Å². The van der Waals surface area contributed by atoms with Crippen LogP contribution < -0.4 is 4.74 Å². The molecule has 2 saturated carbocycles. The number of rotatable bonds is 7. The van der Waals surface area contributed by atoms with Crippen LogP contribution in [0.1, 0.15) is 76.7 Å². The van der Waals surface area contributed by atoms with Crippen molar-refractivity contribution in [2.45, 2.75) is 71.1 Å². The van der Waals surface area contributed by atoms with E-state index in [9.17, 15) is 9.18 Å². The first-order valence-corrected chi connectivity index (χ1v) is 11.5. The lowest BCUT2D eigenvalue weighted by Crippen LogP contribution is -2.29. The molecule has 0 spiro atoms. The number of benzene rings is 1. The van der Waals surface area contributed by atoms with Gasteiger partial charge in [0.2, 0.25) is 0 Å². The van der Waals surface area contributed by atoms with E-state index in [4.69, 9.17) is 4.74 Å². The molecule has 0 aromatic heterocycles. The summed E-state index contributed by atoms with van der Waals surface area (Å²) in [6.07, 6.45) is 17.5. The number of carbonyl (C=O) groups excluding carboxylic acids is 1. The highest BCUT2D eigenvalue weighted by molar-refractivity contribution is 5.76. The minimum atomic E-state index is -0.472. The zero-order chi connectivity index (χ0) is 20.5. The fourth-order valence-corrected chi connectivity index (χ4v) is 5.02. The second kappa shape index (κ2) is 11.3. The van der Waals surface area contributed by atoms with Gasteiger partial charge in [0.1, 0.15) is 12.4 Å². The molecule has 2 nitrogen and oxygen atoms in total. The van der Waals surface area contributed by atoms with E-state index in [1.165, 1.54) is 51.0 Å². The van der Waals surface area contributed by atoms with Gasteiger partial charge in [-0.3, -0.25) is 4.79 Å². The molecule has 0 heterocycles. The van der Waals surface area contributed by atoms with Gasteiger partial charge in [0.15, 0.2) is 0 Å². The topological polar surface area (TPSA) is 26.3 Å². The summed E-state index contributed by atoms with van der Waals surface area (Å²) < 4.78 is 18.1. The average Bonchev–Trinajstić information content (AvgIpc) is 2.78. The zero-order valence-corrected chi connectivity index (χ0v) is 17.7. The van der Waals surface area contributed by atoms with Crippen LogP contribution in [0.25, 0.3) is 5.57 Å². The van der Waals surface area contributed by atoms with Gasteiger partial charge >= 0.3 is 5.97 Å². The third kappa shape index (κ3) is 6.29. The van der Waals surface area contributed by atoms with Crippen LogP contribution in [0.3, 0.4) is 0 Å². The Morgan fingerprint density at radius 2 is 1.66 bits per heavy atom. The van der Waals surface area contributed by atoms with E-state index in [1.54, 1.807) is 6.08 Å². The van der Waals surface area contributed by atoms with Gasteiger partial charge in [0.05, 0.1) is 5.92 Å². The van der Waals surface area contributed by atoms with Crippen molar-refractivity contribution in [1.82, 2.24) is 0 Å². The van der Waals surface area contributed by atoms with Gasteiger partial charge in [0, 0.05) is 0 Å². The summed E-state index contributed by atoms with van der Waals surface area (Å²) in [4.78, 5) is 12.6. The number of carbonyl (C=O) groups is 1. The van der Waals surface area contributed by atoms with Crippen molar-refractivity contribution in [3.8, 4) is 5.75 Å². The summed E-state index contributed by atoms with van der Waals surface area (Å²) in [6.45, 7) is 1.59. The highest BCUT2D eigenvalue weighted by Crippen LogP contribution is 2.40. The van der Waals surface area contributed by atoms with Crippen LogP contribution in [-0.4, -0.2) is 12.6 Å². The Kier molecular flexibility index (Phi) is 8.52. The lowest BCUT2D eigenvalue weighted by molar-refractivity contribution is -0.140. The van der Waals surface area contributed by atoms with Crippen LogP contribution >= 0.6 is 0 Å². The molecule has 0 atom stereocenters. The summed E-state index contributed by atoms with van der Waals surface area (Å²) in [5, 5.41) is 0. The molecule has 1 aromatic carbocycles. The Morgan fingerprint density at radius 3 is 2.28 bits per heavy atom. The molecular formula is C26H35FO2. The number of hydrogen-bond donors (Lipinski definition) is 0. The minimum Gasteiger partial charge on any atom is -0.426 e. The molecule has 2 fully saturated rings. The van der Waals surface area contributed by atoms with Crippen molar-refractivity contribution in [2.24, 2.45) is 17.8 Å². The van der Waals surface area contributed by atoms with Gasteiger partial charge in [-0.15, -0.1) is 0 Å². The minimum absolute atomic E-state index is 0.0394. The van der Waals surface area contributed by atoms with Gasteiger partial charge in [-0.25, -0.2) is 4.39 Å². The van der Waals surface area contributed by atoms with Crippen LogP contribution in [-0.2, 0) is 4.79 Å². The SMILES string of the molecule is CC/C=C(\C=C/CF)c1ccc(OC(=O)C2CCC(C3CCCCC3)CC2)cc1. The van der Waals surface area contributed by atoms with Gasteiger partial charge in [-0.1, -0.05) is 69.4 Å². The molecule has 2 aliphatic carbocycles. The number of esters is 1. The van der Waals surface area contributed by atoms with E-state index in [0.29, 0.717) is 5.75 Å². The largest absolute Gasteiger partial charge is 0.426 e. The third-order valence-electron chi connectivity index (χ3n) is 6.64. The first-order chi connectivity index (χ1) is 14.2. The number of halogens is 1. The maximum atomic E-state index is 12.6. The van der Waals surface area contributed by atoms with Crippen molar-refractivity contribution < 1.29 is 13.9 Å². The van der Waals surface area contributed by atoms with E-state index in [1.807, 2.05) is 24.3 Å². The highest BCUT2D eigenvalue weighted by Gasteiger charge is 2.32. The number of ether oxygens (including phenoxy) is 1. The molecule has 0 N–H and O–H groups in total. The Labute approximate surface area is 175 Å². The van der Waals surface area contributed by atoms with Crippen molar-refractivity contribution >= 4 is 11.5 Å². The fraction of sp³-hybridized carbons (Fsp3) is 0.577. The standard InChI is InChI=1S/C26H35FO2/c1-2-7-20(10-6-19-27)23-15-17-25(18-16-23)29-26(28)24-13-11-22(12-14-24)21-8-4-3-5-9-21/h6-7,10,15-18,21-22,24H,2-5,8-9,11-14,19H2,1H3/b10-6-,20-7+. The fourth-order valence-electron chi connectivity index (χ4n) is 5.02. The Balaban J connectivity index is 1.52. The van der Waals surface area contributed by atoms with Crippen LogP contribution in [0.15, 0.2) is 42.5 Å². The molecule has 0 saturated heterocycles. The molecule has 0 unspecified atom stereocenters.